The molecular formula is C24H19FN2O3. The minimum atomic E-state index is -0.368. The van der Waals surface area contributed by atoms with Crippen molar-refractivity contribution in [2.45, 2.75) is 6.54 Å². The van der Waals surface area contributed by atoms with E-state index in [4.69, 9.17) is 4.74 Å². The average Bonchev–Trinajstić information content (AvgIpc) is 2.76. The molecule has 1 aliphatic rings. The average molecular weight is 402 g/mol. The van der Waals surface area contributed by atoms with Gasteiger partial charge in [0, 0.05) is 23.4 Å². The Morgan fingerprint density at radius 2 is 1.83 bits per heavy atom. The topological polar surface area (TPSA) is 58.6 Å². The largest absolute Gasteiger partial charge is 0.481 e. The highest BCUT2D eigenvalue weighted by atomic mass is 19.1. The summed E-state index contributed by atoms with van der Waals surface area (Å²) in [4.78, 5) is 26.0. The summed E-state index contributed by atoms with van der Waals surface area (Å²) in [6, 6.07) is 20.9. The molecule has 150 valence electrons. The van der Waals surface area contributed by atoms with Gasteiger partial charge in [-0.3, -0.25) is 9.59 Å². The zero-order chi connectivity index (χ0) is 20.9. The van der Waals surface area contributed by atoms with Crippen molar-refractivity contribution >= 4 is 29.3 Å². The number of rotatable bonds is 5. The highest BCUT2D eigenvalue weighted by Gasteiger charge is 2.26. The van der Waals surface area contributed by atoms with E-state index in [9.17, 15) is 14.0 Å². The number of hydrogen-bond donors (Lipinski definition) is 1. The third-order valence-corrected chi connectivity index (χ3v) is 4.68. The number of carbonyl (C=O) groups is 2. The van der Waals surface area contributed by atoms with Crippen molar-refractivity contribution in [1.29, 1.82) is 0 Å². The monoisotopic (exact) mass is 402 g/mol. The van der Waals surface area contributed by atoms with Crippen LogP contribution in [0.15, 0.2) is 78.9 Å². The number of carbonyl (C=O) groups excluding carboxylic acids is 2. The Labute approximate surface area is 173 Å². The van der Waals surface area contributed by atoms with Crippen LogP contribution >= 0.6 is 0 Å². The van der Waals surface area contributed by atoms with Crippen LogP contribution in [0, 0.1) is 5.82 Å². The van der Waals surface area contributed by atoms with Crippen LogP contribution in [0.4, 0.5) is 15.8 Å². The van der Waals surface area contributed by atoms with Gasteiger partial charge in [-0.2, -0.15) is 0 Å². The zero-order valence-corrected chi connectivity index (χ0v) is 16.0. The van der Waals surface area contributed by atoms with Crippen LogP contribution in [-0.2, 0) is 16.1 Å². The van der Waals surface area contributed by atoms with Gasteiger partial charge < -0.3 is 15.0 Å². The number of nitrogens with one attached hydrogen (secondary N) is 1. The van der Waals surface area contributed by atoms with Gasteiger partial charge in [-0.05, 0) is 29.8 Å². The molecule has 3 aromatic carbocycles. The number of halogens is 1. The van der Waals surface area contributed by atoms with Gasteiger partial charge in [0.2, 0.25) is 5.91 Å². The number of nitrogens with zero attached hydrogens (tertiary/aromatic N) is 1. The SMILES string of the molecule is O=C(/C=C/c1ccccc1)Nc1ccc2c(c1)OCC(=O)N2Cc1ccccc1F. The summed E-state index contributed by atoms with van der Waals surface area (Å²) < 4.78 is 19.6. The lowest BCUT2D eigenvalue weighted by Crippen LogP contribution is -2.38. The molecule has 0 aliphatic carbocycles. The van der Waals surface area contributed by atoms with Crippen LogP contribution in [0.5, 0.6) is 5.75 Å². The Kier molecular flexibility index (Phi) is 5.57. The Bertz CT molecular complexity index is 1110. The molecule has 1 heterocycles. The van der Waals surface area contributed by atoms with Crippen molar-refractivity contribution < 1.29 is 18.7 Å². The highest BCUT2D eigenvalue weighted by Crippen LogP contribution is 2.35. The summed E-state index contributed by atoms with van der Waals surface area (Å²) in [5, 5.41) is 2.78. The second-order valence-corrected chi connectivity index (χ2v) is 6.78. The molecule has 3 aromatic rings. The Balaban J connectivity index is 1.50. The van der Waals surface area contributed by atoms with Crippen LogP contribution < -0.4 is 15.0 Å². The third kappa shape index (κ3) is 4.38. The van der Waals surface area contributed by atoms with Crippen molar-refractivity contribution in [2.24, 2.45) is 0 Å². The molecule has 0 saturated carbocycles. The van der Waals surface area contributed by atoms with Crippen LogP contribution in [-0.4, -0.2) is 18.4 Å². The van der Waals surface area contributed by atoms with E-state index in [0.29, 0.717) is 22.7 Å². The molecule has 4 rings (SSSR count). The highest BCUT2D eigenvalue weighted by molar-refractivity contribution is 6.03. The fourth-order valence-corrected chi connectivity index (χ4v) is 3.17. The molecule has 30 heavy (non-hydrogen) atoms. The lowest BCUT2D eigenvalue weighted by Gasteiger charge is -2.30. The first kappa shape index (κ1) is 19.4. The molecule has 0 unspecified atom stereocenters. The van der Waals surface area contributed by atoms with E-state index in [0.717, 1.165) is 5.56 Å². The first-order valence-electron chi connectivity index (χ1n) is 9.45. The zero-order valence-electron chi connectivity index (χ0n) is 16.0. The molecule has 0 fully saturated rings. The van der Waals surface area contributed by atoms with Gasteiger partial charge >= 0.3 is 0 Å². The van der Waals surface area contributed by atoms with Gasteiger partial charge in [0.05, 0.1) is 12.2 Å². The predicted octanol–water partition coefficient (Wildman–Crippen LogP) is 4.40. The van der Waals surface area contributed by atoms with Crippen molar-refractivity contribution in [1.82, 2.24) is 0 Å². The van der Waals surface area contributed by atoms with E-state index in [1.807, 2.05) is 30.3 Å². The number of benzene rings is 3. The number of fused-ring (bicyclic) bond motifs is 1. The number of hydrogen-bond acceptors (Lipinski definition) is 3. The molecule has 5 nitrogen and oxygen atoms in total. The van der Waals surface area contributed by atoms with Gasteiger partial charge in [0.25, 0.3) is 5.91 Å². The van der Waals surface area contributed by atoms with E-state index >= 15 is 0 Å². The Morgan fingerprint density at radius 1 is 1.07 bits per heavy atom. The Morgan fingerprint density at radius 3 is 2.63 bits per heavy atom. The molecule has 1 N–H and O–H groups in total. The minimum absolute atomic E-state index is 0.105. The van der Waals surface area contributed by atoms with E-state index in [2.05, 4.69) is 5.32 Å². The first-order chi connectivity index (χ1) is 14.6. The summed E-state index contributed by atoms with van der Waals surface area (Å²) in [7, 11) is 0. The van der Waals surface area contributed by atoms with Gasteiger partial charge in [-0.25, -0.2) is 4.39 Å². The molecule has 0 bridgehead atoms. The van der Waals surface area contributed by atoms with E-state index in [-0.39, 0.29) is 30.8 Å². The van der Waals surface area contributed by atoms with E-state index < -0.39 is 0 Å². The maximum Gasteiger partial charge on any atom is 0.265 e. The molecule has 0 radical (unpaired) electrons. The maximum atomic E-state index is 14.0. The van der Waals surface area contributed by atoms with Crippen molar-refractivity contribution in [3.05, 3.63) is 95.8 Å². The standard InChI is InChI=1S/C24H19FN2O3/c25-20-9-5-4-8-18(20)15-27-21-12-11-19(14-22(21)30-16-24(27)29)26-23(28)13-10-17-6-2-1-3-7-17/h1-14H,15-16H2,(H,26,28)/b13-10+. The fourth-order valence-electron chi connectivity index (χ4n) is 3.17. The molecule has 1 aliphatic heterocycles. The number of ether oxygens (including phenoxy) is 1. The molecule has 6 heteroatoms. The van der Waals surface area contributed by atoms with Crippen molar-refractivity contribution in [3.8, 4) is 5.75 Å². The van der Waals surface area contributed by atoms with Gasteiger partial charge in [-0.1, -0.05) is 48.5 Å². The third-order valence-electron chi connectivity index (χ3n) is 4.68. The number of amides is 2. The maximum absolute atomic E-state index is 14.0. The van der Waals surface area contributed by atoms with Crippen LogP contribution in [0.25, 0.3) is 6.08 Å². The summed E-state index contributed by atoms with van der Waals surface area (Å²) in [5.74, 6) is -0.453. The second-order valence-electron chi connectivity index (χ2n) is 6.78. The van der Waals surface area contributed by atoms with Crippen molar-refractivity contribution in [2.75, 3.05) is 16.8 Å². The lowest BCUT2D eigenvalue weighted by molar-refractivity contribution is -0.121. The normalized spacial score (nSPS) is 13.1. The van der Waals surface area contributed by atoms with Crippen LogP contribution in [0.2, 0.25) is 0 Å². The fraction of sp³-hybridized carbons (Fsp3) is 0.0833. The predicted molar refractivity (Wildman–Crippen MR) is 114 cm³/mol. The molecule has 0 spiro atoms. The Hall–Kier alpha value is -3.93. The van der Waals surface area contributed by atoms with Crippen molar-refractivity contribution in [3.63, 3.8) is 0 Å². The molecule has 0 atom stereocenters. The summed E-state index contributed by atoms with van der Waals surface area (Å²) in [6.45, 7) is -0.0415. The summed E-state index contributed by atoms with van der Waals surface area (Å²) >= 11 is 0. The van der Waals surface area contributed by atoms with Crippen LogP contribution in [0.1, 0.15) is 11.1 Å². The number of anilines is 2. The molecular weight excluding hydrogens is 383 g/mol. The smallest absolute Gasteiger partial charge is 0.265 e. The van der Waals surface area contributed by atoms with E-state index in [1.165, 1.54) is 17.0 Å². The molecule has 0 aromatic heterocycles. The summed E-state index contributed by atoms with van der Waals surface area (Å²) in [6.07, 6.45) is 3.17. The molecule has 2 amide bonds. The summed E-state index contributed by atoms with van der Waals surface area (Å²) in [5.41, 5.74) is 2.41. The second kappa shape index (κ2) is 8.61. The first-order valence-corrected chi connectivity index (χ1v) is 9.45. The van der Waals surface area contributed by atoms with Gasteiger partial charge in [0.1, 0.15) is 11.6 Å². The quantitative estimate of drug-likeness (QED) is 0.644. The lowest BCUT2D eigenvalue weighted by atomic mass is 10.1. The van der Waals surface area contributed by atoms with E-state index in [1.54, 1.807) is 42.5 Å². The molecule has 0 saturated heterocycles. The van der Waals surface area contributed by atoms with Gasteiger partial charge in [-0.15, -0.1) is 0 Å². The van der Waals surface area contributed by atoms with Crippen LogP contribution in [0.3, 0.4) is 0 Å². The van der Waals surface area contributed by atoms with Gasteiger partial charge in [0.15, 0.2) is 6.61 Å². The minimum Gasteiger partial charge on any atom is -0.481 e.